The maximum atomic E-state index is 5.27. The Morgan fingerprint density at radius 1 is 1.31 bits per heavy atom. The average molecular weight is 283 g/mol. The molecule has 1 aliphatic carbocycles. The number of methoxy groups -OCH3 is 1. The third-order valence-electron chi connectivity index (χ3n) is 3.66. The van der Waals surface area contributed by atoms with Crippen LogP contribution in [-0.2, 0) is 6.42 Å². The number of benzene rings is 1. The SMILES string of the molecule is COc1cccc(CC2(CBr)CCCC2)c1. The second-order valence-electron chi connectivity index (χ2n) is 4.87. The zero-order valence-electron chi connectivity index (χ0n) is 9.84. The van der Waals surface area contributed by atoms with E-state index in [1.54, 1.807) is 7.11 Å². The van der Waals surface area contributed by atoms with Crippen LogP contribution in [0.5, 0.6) is 5.75 Å². The Hall–Kier alpha value is -0.500. The number of alkyl halides is 1. The Bertz CT molecular complexity index is 342. The van der Waals surface area contributed by atoms with Gasteiger partial charge in [0.15, 0.2) is 0 Å². The van der Waals surface area contributed by atoms with Gasteiger partial charge in [-0.05, 0) is 42.4 Å². The molecule has 0 bridgehead atoms. The molecule has 0 heterocycles. The molecule has 1 saturated carbocycles. The molecular formula is C14H19BrO. The lowest BCUT2D eigenvalue weighted by atomic mass is 9.82. The van der Waals surface area contributed by atoms with E-state index in [0.717, 1.165) is 11.1 Å². The highest BCUT2D eigenvalue weighted by Crippen LogP contribution is 2.42. The molecule has 0 radical (unpaired) electrons. The van der Waals surface area contributed by atoms with Gasteiger partial charge in [0.25, 0.3) is 0 Å². The lowest BCUT2D eigenvalue weighted by Gasteiger charge is -2.26. The Kier molecular flexibility index (Phi) is 3.91. The number of hydrogen-bond donors (Lipinski definition) is 0. The van der Waals surface area contributed by atoms with E-state index in [1.165, 1.54) is 37.7 Å². The maximum absolute atomic E-state index is 5.27. The summed E-state index contributed by atoms with van der Waals surface area (Å²) in [5.74, 6) is 0.972. The molecule has 0 aromatic heterocycles. The molecule has 0 amide bonds. The largest absolute Gasteiger partial charge is 0.497 e. The minimum atomic E-state index is 0.492. The van der Waals surface area contributed by atoms with Crippen LogP contribution in [-0.4, -0.2) is 12.4 Å². The summed E-state index contributed by atoms with van der Waals surface area (Å²) in [6.45, 7) is 0. The van der Waals surface area contributed by atoms with Crippen LogP contribution in [0.3, 0.4) is 0 Å². The van der Waals surface area contributed by atoms with E-state index in [1.807, 2.05) is 6.07 Å². The van der Waals surface area contributed by atoms with E-state index < -0.39 is 0 Å². The van der Waals surface area contributed by atoms with Gasteiger partial charge in [-0.2, -0.15) is 0 Å². The van der Waals surface area contributed by atoms with Crippen molar-refractivity contribution >= 4 is 15.9 Å². The predicted octanol–water partition coefficient (Wildman–Crippen LogP) is 4.19. The molecule has 0 spiro atoms. The van der Waals surface area contributed by atoms with Gasteiger partial charge in [-0.15, -0.1) is 0 Å². The maximum Gasteiger partial charge on any atom is 0.119 e. The van der Waals surface area contributed by atoms with Gasteiger partial charge >= 0.3 is 0 Å². The zero-order valence-corrected chi connectivity index (χ0v) is 11.4. The molecular weight excluding hydrogens is 264 g/mol. The predicted molar refractivity (Wildman–Crippen MR) is 71.4 cm³/mol. The molecule has 2 heteroatoms. The van der Waals surface area contributed by atoms with Crippen molar-refractivity contribution in [1.29, 1.82) is 0 Å². The molecule has 0 N–H and O–H groups in total. The van der Waals surface area contributed by atoms with Crippen LogP contribution in [0.15, 0.2) is 24.3 Å². The summed E-state index contributed by atoms with van der Waals surface area (Å²) in [6, 6.07) is 8.48. The summed E-state index contributed by atoms with van der Waals surface area (Å²) in [5.41, 5.74) is 1.90. The van der Waals surface area contributed by atoms with E-state index in [2.05, 4.69) is 34.1 Å². The summed E-state index contributed by atoms with van der Waals surface area (Å²) >= 11 is 3.70. The van der Waals surface area contributed by atoms with E-state index in [9.17, 15) is 0 Å². The van der Waals surface area contributed by atoms with Gasteiger partial charge in [0.1, 0.15) is 5.75 Å². The Morgan fingerprint density at radius 2 is 2.06 bits per heavy atom. The fourth-order valence-corrected chi connectivity index (χ4v) is 3.46. The fraction of sp³-hybridized carbons (Fsp3) is 0.571. The normalized spacial score (nSPS) is 18.6. The van der Waals surface area contributed by atoms with Crippen molar-refractivity contribution in [1.82, 2.24) is 0 Å². The molecule has 0 unspecified atom stereocenters. The third-order valence-corrected chi connectivity index (χ3v) is 4.85. The summed E-state index contributed by atoms with van der Waals surface area (Å²) < 4.78 is 5.27. The molecule has 1 aromatic carbocycles. The zero-order chi connectivity index (χ0) is 11.4. The van der Waals surface area contributed by atoms with Crippen LogP contribution in [0.2, 0.25) is 0 Å². The highest BCUT2D eigenvalue weighted by molar-refractivity contribution is 9.09. The van der Waals surface area contributed by atoms with Crippen molar-refractivity contribution in [3.05, 3.63) is 29.8 Å². The average Bonchev–Trinajstić information content (AvgIpc) is 2.78. The topological polar surface area (TPSA) is 9.23 Å². The first kappa shape index (κ1) is 12.0. The smallest absolute Gasteiger partial charge is 0.119 e. The van der Waals surface area contributed by atoms with Crippen LogP contribution in [0.4, 0.5) is 0 Å². The van der Waals surface area contributed by atoms with Crippen LogP contribution >= 0.6 is 15.9 Å². The van der Waals surface area contributed by atoms with Crippen molar-refractivity contribution in [2.75, 3.05) is 12.4 Å². The van der Waals surface area contributed by atoms with Gasteiger partial charge < -0.3 is 4.74 Å². The van der Waals surface area contributed by atoms with Crippen LogP contribution in [0, 0.1) is 5.41 Å². The second kappa shape index (κ2) is 5.22. The Balaban J connectivity index is 2.12. The number of halogens is 1. The van der Waals surface area contributed by atoms with Gasteiger partial charge in [-0.25, -0.2) is 0 Å². The molecule has 1 aliphatic rings. The first-order valence-electron chi connectivity index (χ1n) is 5.97. The van der Waals surface area contributed by atoms with Crippen LogP contribution in [0.25, 0.3) is 0 Å². The van der Waals surface area contributed by atoms with E-state index in [-0.39, 0.29) is 0 Å². The molecule has 1 fully saturated rings. The monoisotopic (exact) mass is 282 g/mol. The number of ether oxygens (including phenoxy) is 1. The van der Waals surface area contributed by atoms with Crippen LogP contribution < -0.4 is 4.74 Å². The highest BCUT2D eigenvalue weighted by Gasteiger charge is 2.32. The van der Waals surface area contributed by atoms with Crippen molar-refractivity contribution < 1.29 is 4.74 Å². The van der Waals surface area contributed by atoms with Crippen LogP contribution in [0.1, 0.15) is 31.2 Å². The summed E-state index contributed by atoms with van der Waals surface area (Å²) in [6.07, 6.45) is 6.66. The molecule has 0 aliphatic heterocycles. The minimum Gasteiger partial charge on any atom is -0.497 e. The van der Waals surface area contributed by atoms with Gasteiger partial charge in [-0.1, -0.05) is 40.9 Å². The van der Waals surface area contributed by atoms with Gasteiger partial charge in [0.2, 0.25) is 0 Å². The third kappa shape index (κ3) is 2.60. The second-order valence-corrected chi connectivity index (χ2v) is 5.43. The molecule has 88 valence electrons. The lowest BCUT2D eigenvalue weighted by molar-refractivity contribution is 0.345. The molecule has 16 heavy (non-hydrogen) atoms. The Morgan fingerprint density at radius 3 is 2.69 bits per heavy atom. The van der Waals surface area contributed by atoms with Gasteiger partial charge in [0.05, 0.1) is 7.11 Å². The van der Waals surface area contributed by atoms with Crippen molar-refractivity contribution in [2.45, 2.75) is 32.1 Å². The first-order valence-corrected chi connectivity index (χ1v) is 7.09. The molecule has 0 saturated heterocycles. The fourth-order valence-electron chi connectivity index (χ4n) is 2.70. The van der Waals surface area contributed by atoms with Crippen molar-refractivity contribution in [3.63, 3.8) is 0 Å². The molecule has 1 nitrogen and oxygen atoms in total. The standard InChI is InChI=1S/C14H19BrO/c1-16-13-6-4-5-12(9-13)10-14(11-15)7-2-3-8-14/h4-6,9H,2-3,7-8,10-11H2,1H3. The quantitative estimate of drug-likeness (QED) is 0.753. The highest BCUT2D eigenvalue weighted by atomic mass is 79.9. The lowest BCUT2D eigenvalue weighted by Crippen LogP contribution is -2.21. The summed E-state index contributed by atoms with van der Waals surface area (Å²) in [4.78, 5) is 0. The van der Waals surface area contributed by atoms with E-state index >= 15 is 0 Å². The van der Waals surface area contributed by atoms with E-state index in [0.29, 0.717) is 5.41 Å². The van der Waals surface area contributed by atoms with Gasteiger partial charge in [-0.3, -0.25) is 0 Å². The summed E-state index contributed by atoms with van der Waals surface area (Å²) in [7, 11) is 1.73. The first-order chi connectivity index (χ1) is 7.78. The van der Waals surface area contributed by atoms with Crippen molar-refractivity contribution in [3.8, 4) is 5.75 Å². The molecule has 1 aromatic rings. The van der Waals surface area contributed by atoms with Crippen molar-refractivity contribution in [2.24, 2.45) is 5.41 Å². The minimum absolute atomic E-state index is 0.492. The molecule has 2 rings (SSSR count). The number of hydrogen-bond acceptors (Lipinski definition) is 1. The van der Waals surface area contributed by atoms with Gasteiger partial charge in [0, 0.05) is 5.33 Å². The molecule has 0 atom stereocenters. The summed E-state index contributed by atoms with van der Waals surface area (Å²) in [5, 5.41) is 1.12. The Labute approximate surface area is 106 Å². The number of rotatable bonds is 4. The van der Waals surface area contributed by atoms with E-state index in [4.69, 9.17) is 4.74 Å².